The molecule has 6 aliphatic heterocycles. The van der Waals surface area contributed by atoms with E-state index in [0.717, 1.165) is 115 Å². The second kappa shape index (κ2) is 29.1. The number of hydrogen-bond donors (Lipinski definition) is 0. The zero-order valence-corrected chi connectivity index (χ0v) is 58.8. The van der Waals surface area contributed by atoms with E-state index in [2.05, 4.69) is 243 Å². The van der Waals surface area contributed by atoms with E-state index in [1.165, 1.54) is 22.3 Å². The first-order chi connectivity index (χ1) is 52.4. The first kappa shape index (κ1) is 65.6. The lowest BCUT2D eigenvalue weighted by molar-refractivity contribution is -0.0692. The van der Waals surface area contributed by atoms with Crippen molar-refractivity contribution < 1.29 is 56.8 Å². The second-order valence-corrected chi connectivity index (χ2v) is 28.9. The first-order valence-electron chi connectivity index (χ1n) is 37.3. The zero-order chi connectivity index (χ0) is 70.3. The molecule has 12 aromatic carbocycles. The van der Waals surface area contributed by atoms with Gasteiger partial charge in [-0.2, -0.15) is 0 Å². The van der Waals surface area contributed by atoms with Crippen molar-refractivity contribution in [2.24, 2.45) is 0 Å². The monoisotopic (exact) mass is 1400 g/mol. The summed E-state index contributed by atoms with van der Waals surface area (Å²) >= 11 is 0. The van der Waals surface area contributed by atoms with Gasteiger partial charge in [-0.25, -0.2) is 0 Å². The summed E-state index contributed by atoms with van der Waals surface area (Å²) in [6.07, 6.45) is 1.67. The van der Waals surface area contributed by atoms with E-state index in [9.17, 15) is 0 Å². The van der Waals surface area contributed by atoms with Gasteiger partial charge in [0.05, 0.1) is 26.4 Å². The van der Waals surface area contributed by atoms with Crippen LogP contribution in [0, 0.1) is 0 Å². The smallest absolute Gasteiger partial charge is 0.267 e. The Balaban J connectivity index is 0.957. The molecule has 0 spiro atoms. The van der Waals surface area contributed by atoms with Gasteiger partial charge in [0.1, 0.15) is 59.6 Å². The average molecular weight is 1400 g/mol. The molecular weight excluding hydrogens is 1320 g/mol. The van der Waals surface area contributed by atoms with E-state index in [0.29, 0.717) is 71.7 Å². The van der Waals surface area contributed by atoms with Gasteiger partial charge in [0.2, 0.25) is 0 Å². The fourth-order valence-electron chi connectivity index (χ4n) is 16.8. The van der Waals surface area contributed by atoms with Crippen LogP contribution in [0.4, 0.5) is 0 Å². The molecule has 7 aliphatic rings. The molecule has 6 heterocycles. The Morgan fingerprint density at radius 3 is 0.623 bits per heavy atom. The van der Waals surface area contributed by atoms with Gasteiger partial charge in [0.15, 0.2) is 0 Å². The predicted octanol–water partition coefficient (Wildman–Crippen LogP) is 20.9. The van der Waals surface area contributed by atoms with Crippen molar-refractivity contribution in [3.63, 3.8) is 0 Å². The molecule has 0 fully saturated rings. The Labute approximate surface area is 617 Å². The van der Waals surface area contributed by atoms with Gasteiger partial charge in [-0.15, -0.1) is 0 Å². The first-order valence-corrected chi connectivity index (χ1v) is 37.3. The fourth-order valence-corrected chi connectivity index (χ4v) is 16.8. The summed E-state index contributed by atoms with van der Waals surface area (Å²) in [7, 11) is 0. The lowest BCUT2D eigenvalue weighted by atomic mass is 9.75. The summed E-state index contributed by atoms with van der Waals surface area (Å²) in [5.74, 6) is 3.69. The van der Waals surface area contributed by atoms with Crippen LogP contribution in [-0.4, -0.2) is 13.6 Å². The van der Waals surface area contributed by atoms with E-state index in [-0.39, 0.29) is 63.7 Å². The molecule has 19 rings (SSSR count). The lowest BCUT2D eigenvalue weighted by Gasteiger charge is -2.38. The summed E-state index contributed by atoms with van der Waals surface area (Å²) in [5.41, 5.74) is 19.8. The maximum Gasteiger partial charge on any atom is 0.267 e. The van der Waals surface area contributed by atoms with Crippen molar-refractivity contribution in [1.82, 2.24) is 0 Å². The van der Waals surface area contributed by atoms with Crippen LogP contribution in [-0.2, 0) is 71.1 Å². The normalized spacial score (nSPS) is 20.6. The summed E-state index contributed by atoms with van der Waals surface area (Å²) in [4.78, 5) is 0. The minimum absolute atomic E-state index is 0.0567. The molecule has 0 radical (unpaired) electrons. The molecule has 12 aromatic rings. The number of aryl methyl sites for hydroxylation is 4. The molecule has 528 valence electrons. The Morgan fingerprint density at radius 2 is 0.415 bits per heavy atom. The largest absolute Gasteiger partial charge is 0.450 e. The SMILES string of the molecule is c1ccc(CCC2c3cc4c5cc3OC3Oc6cc7c(cc62)C(CCc2ccccc2)c2cc6c8cc2OC(O7)c2cccc(c2)COCOCc2cccc(c2)C(O8)Oc2cc(c(cc2C6CCc2ccccc2)C4CCc2ccccc2)OC(O5)c2cccc(c2)COCOCc2cccc3c2)cc1. The van der Waals surface area contributed by atoms with Gasteiger partial charge in [0.25, 0.3) is 25.2 Å². The van der Waals surface area contributed by atoms with Crippen molar-refractivity contribution in [2.75, 3.05) is 13.6 Å². The maximum absolute atomic E-state index is 7.74. The number of fused-ring (bicyclic) bond motifs is 16. The molecule has 0 N–H and O–H groups in total. The van der Waals surface area contributed by atoms with Gasteiger partial charge in [0, 0.05) is 115 Å². The average Bonchev–Trinajstić information content (AvgIpc) is 0.729. The summed E-state index contributed by atoms with van der Waals surface area (Å²) in [6, 6.07) is 94.7. The predicted molar refractivity (Wildman–Crippen MR) is 403 cm³/mol. The highest BCUT2D eigenvalue weighted by Crippen LogP contribution is 2.58. The van der Waals surface area contributed by atoms with Crippen LogP contribution < -0.4 is 37.9 Å². The standard InChI is InChI=1S/C94H80O12/c1-5-17-59(18-6-1)33-37-71-75-45-76-72(38-34-60-19-7-2-8-20-60)81-48-82-74(40-36-62-23-11-4-12-24-62)78-46-77-73(39-35-61-21-9-3-10-22-61)80-47-79(71)87-51-88(80)104-93-69-31-15-27-65(43-69)55-97-58-98-56-66-28-16-32-70(44-66)94(102-86(78)50-85(77)101-93)106-90(82)52-89(81)105-92-68-30-14-26-64(42-68)54-96-57-95-53-63-25-13-29-67(41-63)91(103-87)99-83(75)49-84(76)100-92/h1-32,41-52,71-74,91-94H,33-40,53-58H2. The Kier molecular flexibility index (Phi) is 18.0. The molecule has 0 amide bonds. The number of ether oxygens (including phenoxy) is 12. The lowest BCUT2D eigenvalue weighted by Crippen LogP contribution is -2.26. The summed E-state index contributed by atoms with van der Waals surface area (Å²) in [5, 5.41) is 0. The van der Waals surface area contributed by atoms with Gasteiger partial charge < -0.3 is 56.8 Å². The van der Waals surface area contributed by atoms with Gasteiger partial charge >= 0.3 is 0 Å². The van der Waals surface area contributed by atoms with Crippen LogP contribution in [0.5, 0.6) is 46.0 Å². The fraction of sp³-hybridized carbons (Fsp3) is 0.234. The molecule has 0 saturated heterocycles. The van der Waals surface area contributed by atoms with E-state index >= 15 is 0 Å². The third-order valence-electron chi connectivity index (χ3n) is 22.0. The van der Waals surface area contributed by atoms with Crippen LogP contribution in [0.25, 0.3) is 0 Å². The third-order valence-corrected chi connectivity index (χ3v) is 22.0. The number of benzene rings is 12. The molecule has 12 nitrogen and oxygen atoms in total. The van der Waals surface area contributed by atoms with Gasteiger partial charge in [-0.3, -0.25) is 0 Å². The summed E-state index contributed by atoms with van der Waals surface area (Å²) in [6.45, 7) is 1.26. The van der Waals surface area contributed by atoms with E-state index in [1.807, 2.05) is 24.3 Å². The second-order valence-electron chi connectivity index (χ2n) is 28.9. The van der Waals surface area contributed by atoms with Crippen LogP contribution in [0.1, 0.15) is 186 Å². The molecule has 106 heavy (non-hydrogen) atoms. The van der Waals surface area contributed by atoms with Crippen LogP contribution in [0.3, 0.4) is 0 Å². The topological polar surface area (TPSA) is 111 Å². The zero-order valence-electron chi connectivity index (χ0n) is 58.8. The van der Waals surface area contributed by atoms with Gasteiger partial charge in [-0.1, -0.05) is 194 Å². The van der Waals surface area contributed by atoms with Crippen LogP contribution in [0.2, 0.25) is 0 Å². The van der Waals surface area contributed by atoms with Crippen LogP contribution >= 0.6 is 0 Å². The third kappa shape index (κ3) is 13.5. The molecule has 12 heteroatoms. The molecule has 0 saturated carbocycles. The summed E-state index contributed by atoms with van der Waals surface area (Å²) < 4.78 is 87.2. The van der Waals surface area contributed by atoms with E-state index < -0.39 is 25.2 Å². The highest BCUT2D eigenvalue weighted by Gasteiger charge is 2.42. The van der Waals surface area contributed by atoms with Crippen molar-refractivity contribution in [3.8, 4) is 46.0 Å². The van der Waals surface area contributed by atoms with E-state index in [1.54, 1.807) is 0 Å². The van der Waals surface area contributed by atoms with Crippen molar-refractivity contribution in [1.29, 1.82) is 0 Å². The number of rotatable bonds is 12. The molecule has 0 aromatic heterocycles. The van der Waals surface area contributed by atoms with Crippen molar-refractivity contribution >= 4 is 0 Å². The minimum atomic E-state index is -1.00. The van der Waals surface area contributed by atoms with Crippen LogP contribution in [0.15, 0.2) is 267 Å². The molecule has 24 bridgehead atoms. The maximum atomic E-state index is 7.74. The van der Waals surface area contributed by atoms with Crippen molar-refractivity contribution in [3.05, 3.63) is 378 Å². The Bertz CT molecular complexity index is 4560. The highest BCUT2D eigenvalue weighted by atomic mass is 16.7. The van der Waals surface area contributed by atoms with Gasteiger partial charge in [-0.05, 0) is 144 Å². The Hall–Kier alpha value is -11.1. The molecule has 0 atom stereocenters. The number of hydrogen-bond acceptors (Lipinski definition) is 12. The Morgan fingerprint density at radius 1 is 0.208 bits per heavy atom. The van der Waals surface area contributed by atoms with E-state index in [4.69, 9.17) is 56.8 Å². The quantitative estimate of drug-likeness (QED) is 0.116. The minimum Gasteiger partial charge on any atom is -0.450 e. The van der Waals surface area contributed by atoms with Crippen molar-refractivity contribution in [2.45, 2.75) is 127 Å². The highest BCUT2D eigenvalue weighted by molar-refractivity contribution is 5.65. The molecule has 0 unspecified atom stereocenters. The molecule has 1 aliphatic carbocycles. The molecular formula is C94H80O12.